The summed E-state index contributed by atoms with van der Waals surface area (Å²) in [5.74, 6) is -0.506. The highest BCUT2D eigenvalue weighted by Gasteiger charge is 2.28. The maximum Gasteiger partial charge on any atom is 0.162 e. The molecule has 1 aromatic heterocycles. The van der Waals surface area contributed by atoms with E-state index in [0.29, 0.717) is 13.2 Å². The number of rotatable bonds is 3. The summed E-state index contributed by atoms with van der Waals surface area (Å²) in [5, 5.41) is 14.6. The van der Waals surface area contributed by atoms with Crippen LogP contribution >= 0.6 is 0 Å². The summed E-state index contributed by atoms with van der Waals surface area (Å²) in [5.41, 5.74) is 1.83. The third-order valence-corrected chi connectivity index (χ3v) is 3.12. The number of ether oxygens (including phenoxy) is 2. The summed E-state index contributed by atoms with van der Waals surface area (Å²) in [6.45, 7) is 5.02. The third-order valence-electron chi connectivity index (χ3n) is 3.12. The van der Waals surface area contributed by atoms with E-state index < -0.39 is 5.79 Å². The minimum Gasteiger partial charge on any atom is -0.376 e. The average Bonchev–Trinajstić information content (AvgIpc) is 2.96. The first kappa shape index (κ1) is 13.0. The van der Waals surface area contributed by atoms with Crippen molar-refractivity contribution < 1.29 is 9.47 Å². The molecule has 106 valence electrons. The van der Waals surface area contributed by atoms with Crippen LogP contribution in [0.4, 0.5) is 5.69 Å². The van der Waals surface area contributed by atoms with Gasteiger partial charge in [0.05, 0.1) is 30.6 Å². The molecule has 0 bridgehead atoms. The zero-order chi connectivity index (χ0) is 14.0. The molecule has 7 nitrogen and oxygen atoms in total. The Kier molecular flexibility index (Phi) is 3.37. The molecule has 1 fully saturated rings. The van der Waals surface area contributed by atoms with E-state index in [0.717, 1.165) is 11.4 Å². The van der Waals surface area contributed by atoms with Crippen molar-refractivity contribution in [1.29, 1.82) is 0 Å². The number of hydrogen-bond donors (Lipinski definition) is 1. The van der Waals surface area contributed by atoms with Crippen LogP contribution in [-0.2, 0) is 9.47 Å². The number of nitrogens with zero attached hydrogens (tertiary/aromatic N) is 4. The van der Waals surface area contributed by atoms with Crippen LogP contribution in [0.1, 0.15) is 13.8 Å². The van der Waals surface area contributed by atoms with Gasteiger partial charge in [0.25, 0.3) is 0 Å². The molecule has 0 atom stereocenters. The number of nitrogens with one attached hydrogen (secondary N) is 1. The van der Waals surface area contributed by atoms with Gasteiger partial charge in [-0.05, 0) is 36.4 Å². The Balaban J connectivity index is 1.75. The smallest absolute Gasteiger partial charge is 0.162 e. The predicted molar refractivity (Wildman–Crippen MR) is 72.5 cm³/mol. The normalized spacial score (nSPS) is 18.9. The number of benzene rings is 1. The fourth-order valence-electron chi connectivity index (χ4n) is 2.06. The van der Waals surface area contributed by atoms with E-state index >= 15 is 0 Å². The monoisotopic (exact) mass is 275 g/mol. The molecule has 2 aromatic rings. The minimum absolute atomic E-state index is 0.0978. The molecule has 1 aromatic carbocycles. The first-order valence-corrected chi connectivity index (χ1v) is 6.51. The quantitative estimate of drug-likeness (QED) is 0.908. The van der Waals surface area contributed by atoms with Crippen molar-refractivity contribution in [1.82, 2.24) is 20.2 Å². The minimum atomic E-state index is -0.506. The van der Waals surface area contributed by atoms with Crippen molar-refractivity contribution in [2.24, 2.45) is 0 Å². The number of tetrazole rings is 1. The lowest BCUT2D eigenvalue weighted by Gasteiger charge is -2.35. The van der Waals surface area contributed by atoms with Gasteiger partial charge in [0.1, 0.15) is 6.33 Å². The molecule has 0 saturated carbocycles. The van der Waals surface area contributed by atoms with Gasteiger partial charge >= 0.3 is 0 Å². The van der Waals surface area contributed by atoms with Crippen LogP contribution in [0.5, 0.6) is 0 Å². The second-order valence-corrected chi connectivity index (χ2v) is 5.13. The fourth-order valence-corrected chi connectivity index (χ4v) is 2.06. The van der Waals surface area contributed by atoms with Crippen molar-refractivity contribution in [2.45, 2.75) is 25.7 Å². The van der Waals surface area contributed by atoms with Crippen molar-refractivity contribution >= 4 is 5.69 Å². The average molecular weight is 275 g/mol. The highest BCUT2D eigenvalue weighted by Crippen LogP contribution is 2.23. The van der Waals surface area contributed by atoms with Crippen molar-refractivity contribution in [3.63, 3.8) is 0 Å². The van der Waals surface area contributed by atoms with Crippen LogP contribution in [0.25, 0.3) is 5.69 Å². The molecular formula is C13H17N5O2. The second kappa shape index (κ2) is 5.18. The number of para-hydroxylation sites is 2. The lowest BCUT2D eigenvalue weighted by atomic mass is 10.2. The molecule has 20 heavy (non-hydrogen) atoms. The van der Waals surface area contributed by atoms with Crippen LogP contribution in [0.3, 0.4) is 0 Å². The van der Waals surface area contributed by atoms with Gasteiger partial charge < -0.3 is 14.8 Å². The molecule has 0 unspecified atom stereocenters. The Labute approximate surface area is 116 Å². The molecular weight excluding hydrogens is 258 g/mol. The van der Waals surface area contributed by atoms with Gasteiger partial charge in [0.2, 0.25) is 0 Å². The molecule has 0 amide bonds. The maximum absolute atomic E-state index is 5.65. The summed E-state index contributed by atoms with van der Waals surface area (Å²) in [6, 6.07) is 7.94. The Hall–Kier alpha value is -1.99. The highest BCUT2D eigenvalue weighted by molar-refractivity contribution is 5.60. The van der Waals surface area contributed by atoms with Gasteiger partial charge in [0.15, 0.2) is 5.79 Å². The second-order valence-electron chi connectivity index (χ2n) is 5.13. The topological polar surface area (TPSA) is 74.1 Å². The van der Waals surface area contributed by atoms with E-state index in [1.165, 1.54) is 0 Å². The lowest BCUT2D eigenvalue weighted by Crippen LogP contribution is -2.45. The van der Waals surface area contributed by atoms with E-state index in [1.54, 1.807) is 11.0 Å². The van der Waals surface area contributed by atoms with Gasteiger partial charge in [0, 0.05) is 0 Å². The van der Waals surface area contributed by atoms with Crippen molar-refractivity contribution in [3.8, 4) is 5.69 Å². The summed E-state index contributed by atoms with van der Waals surface area (Å²) >= 11 is 0. The summed E-state index contributed by atoms with van der Waals surface area (Å²) in [6.07, 6.45) is 1.57. The molecule has 2 heterocycles. The molecule has 0 aliphatic carbocycles. The zero-order valence-electron chi connectivity index (χ0n) is 11.5. The largest absolute Gasteiger partial charge is 0.376 e. The molecule has 3 rings (SSSR count). The Bertz CT molecular complexity index is 560. The highest BCUT2D eigenvalue weighted by atomic mass is 16.7. The molecule has 1 aliphatic heterocycles. The Morgan fingerprint density at radius 2 is 2.00 bits per heavy atom. The van der Waals surface area contributed by atoms with Gasteiger partial charge in [-0.25, -0.2) is 0 Å². The van der Waals surface area contributed by atoms with Crippen LogP contribution in [0.15, 0.2) is 30.6 Å². The van der Waals surface area contributed by atoms with Gasteiger partial charge in [-0.1, -0.05) is 12.1 Å². The first-order valence-electron chi connectivity index (χ1n) is 6.51. The number of aromatic nitrogens is 4. The lowest BCUT2D eigenvalue weighted by molar-refractivity contribution is -0.247. The predicted octanol–water partition coefficient (Wildman–Crippen LogP) is 1.23. The van der Waals surface area contributed by atoms with E-state index in [4.69, 9.17) is 9.47 Å². The maximum atomic E-state index is 5.65. The SMILES string of the molecule is CC1(C)OCC(Nc2ccccc2-n2cnnn2)CO1. The molecule has 7 heteroatoms. The van der Waals surface area contributed by atoms with Crippen LogP contribution in [0, 0.1) is 0 Å². The summed E-state index contributed by atoms with van der Waals surface area (Å²) in [4.78, 5) is 0. The standard InChI is InChI=1S/C13H17N5O2/c1-13(2)19-7-10(8-20-13)15-11-5-3-4-6-12(11)18-9-14-16-17-18/h3-6,9-10,15H,7-8H2,1-2H3. The van der Waals surface area contributed by atoms with Crippen LogP contribution in [0.2, 0.25) is 0 Å². The summed E-state index contributed by atoms with van der Waals surface area (Å²) in [7, 11) is 0. The number of hydrogen-bond acceptors (Lipinski definition) is 6. The van der Waals surface area contributed by atoms with Crippen molar-refractivity contribution in [2.75, 3.05) is 18.5 Å². The molecule has 1 aliphatic rings. The molecule has 1 saturated heterocycles. The summed E-state index contributed by atoms with van der Waals surface area (Å²) < 4.78 is 12.9. The Morgan fingerprint density at radius 1 is 1.25 bits per heavy atom. The van der Waals surface area contributed by atoms with Crippen molar-refractivity contribution in [3.05, 3.63) is 30.6 Å². The van der Waals surface area contributed by atoms with Gasteiger partial charge in [-0.3, -0.25) is 0 Å². The third kappa shape index (κ3) is 2.78. The molecule has 0 spiro atoms. The zero-order valence-corrected chi connectivity index (χ0v) is 11.5. The fraction of sp³-hybridized carbons (Fsp3) is 0.462. The van der Waals surface area contributed by atoms with E-state index in [9.17, 15) is 0 Å². The number of anilines is 1. The Morgan fingerprint density at radius 3 is 2.70 bits per heavy atom. The van der Waals surface area contributed by atoms with Gasteiger partial charge in [-0.15, -0.1) is 5.10 Å². The van der Waals surface area contributed by atoms with E-state index in [2.05, 4.69) is 20.8 Å². The molecule has 1 N–H and O–H groups in total. The van der Waals surface area contributed by atoms with Gasteiger partial charge in [-0.2, -0.15) is 4.68 Å². The van der Waals surface area contributed by atoms with E-state index in [-0.39, 0.29) is 6.04 Å². The molecule has 0 radical (unpaired) electrons. The van der Waals surface area contributed by atoms with E-state index in [1.807, 2.05) is 38.1 Å². The first-order chi connectivity index (χ1) is 9.64. The van der Waals surface area contributed by atoms with Crippen LogP contribution in [-0.4, -0.2) is 45.2 Å². The van der Waals surface area contributed by atoms with Crippen LogP contribution < -0.4 is 5.32 Å².